The molecule has 0 bridgehead atoms. The number of rotatable bonds is 5. The lowest BCUT2D eigenvalue weighted by Crippen LogP contribution is -1.85. The van der Waals surface area contributed by atoms with Crippen LogP contribution in [-0.4, -0.2) is 83.5 Å². The van der Waals surface area contributed by atoms with Crippen LogP contribution in [0.1, 0.15) is 39.5 Å². The van der Waals surface area contributed by atoms with Crippen molar-refractivity contribution < 1.29 is 35.7 Å². The zero-order valence-electron chi connectivity index (χ0n) is 13.8. The maximum Gasteiger partial charge on any atom is 0.0662 e. The van der Waals surface area contributed by atoms with Gasteiger partial charge in [0.15, 0.2) is 0 Å². The van der Waals surface area contributed by atoms with Gasteiger partial charge in [0.2, 0.25) is 0 Å². The van der Waals surface area contributed by atoms with Gasteiger partial charge in [-0.15, -0.1) is 0 Å². The normalized spacial score (nSPS) is 6.60. The Labute approximate surface area is 124 Å². The first-order chi connectivity index (χ1) is 9.74. The molecule has 0 aliphatic heterocycles. The molecule has 7 heteroatoms. The Kier molecular flexibility index (Phi) is 181. The molecule has 0 fully saturated rings. The first kappa shape index (κ1) is 36.7. The lowest BCUT2D eigenvalue weighted by Gasteiger charge is -1.79. The second-order valence-corrected chi connectivity index (χ2v) is 2.60. The number of aliphatic hydroxyl groups is 7. The molecule has 0 aliphatic carbocycles. The van der Waals surface area contributed by atoms with Crippen molar-refractivity contribution in [1.29, 1.82) is 0 Å². The highest BCUT2D eigenvalue weighted by Gasteiger charge is 1.69. The van der Waals surface area contributed by atoms with Crippen LogP contribution < -0.4 is 0 Å². The summed E-state index contributed by atoms with van der Waals surface area (Å²) in [5.41, 5.74) is 0. The van der Waals surface area contributed by atoms with E-state index < -0.39 is 0 Å². The zero-order valence-corrected chi connectivity index (χ0v) is 13.8. The molecule has 0 spiro atoms. The van der Waals surface area contributed by atoms with Gasteiger partial charge in [-0.3, -0.25) is 0 Å². The van der Waals surface area contributed by atoms with Crippen molar-refractivity contribution in [3.63, 3.8) is 0 Å². The van der Waals surface area contributed by atoms with Crippen LogP contribution in [-0.2, 0) is 0 Å². The van der Waals surface area contributed by atoms with Crippen molar-refractivity contribution in [2.75, 3.05) is 47.8 Å². The molecule has 0 amide bonds. The van der Waals surface area contributed by atoms with Gasteiger partial charge in [-0.1, -0.05) is 26.7 Å². The molecule has 0 radical (unpaired) electrons. The lowest BCUT2D eigenvalue weighted by atomic mass is 10.4. The zero-order chi connectivity index (χ0) is 17.7. The van der Waals surface area contributed by atoms with Gasteiger partial charge in [0.25, 0.3) is 0 Å². The van der Waals surface area contributed by atoms with E-state index in [0.29, 0.717) is 13.2 Å². The maximum absolute atomic E-state index is 8.07. The molecule has 0 heterocycles. The Morgan fingerprint density at radius 1 is 0.450 bits per heavy atom. The summed E-state index contributed by atoms with van der Waals surface area (Å²) in [4.78, 5) is 0. The van der Waals surface area contributed by atoms with Crippen molar-refractivity contribution >= 4 is 0 Å². The van der Waals surface area contributed by atoms with E-state index in [1.807, 2.05) is 0 Å². The minimum atomic E-state index is -0.125. The van der Waals surface area contributed by atoms with Gasteiger partial charge < -0.3 is 35.7 Å². The third-order valence-electron chi connectivity index (χ3n) is 1.12. The van der Waals surface area contributed by atoms with Crippen LogP contribution in [0, 0.1) is 0 Å². The smallest absolute Gasteiger partial charge is 0.0662 e. The van der Waals surface area contributed by atoms with E-state index in [1.54, 1.807) is 0 Å². The molecule has 0 unspecified atom stereocenters. The lowest BCUT2D eigenvalue weighted by molar-refractivity contribution is 0.186. The molecular formula is C13H38O7. The van der Waals surface area contributed by atoms with E-state index in [0.717, 1.165) is 47.0 Å². The molecule has 20 heavy (non-hydrogen) atoms. The number of hydrogen-bond acceptors (Lipinski definition) is 7. The summed E-state index contributed by atoms with van der Waals surface area (Å²) in [6.07, 6.45) is 4.08. The minimum absolute atomic E-state index is 0.125. The van der Waals surface area contributed by atoms with Crippen molar-refractivity contribution in [2.24, 2.45) is 0 Å². The molecule has 0 atom stereocenters. The summed E-state index contributed by atoms with van der Waals surface area (Å²) in [6.45, 7) is 4.54. The van der Waals surface area contributed by atoms with Crippen molar-refractivity contribution in [1.82, 2.24) is 0 Å². The van der Waals surface area contributed by atoms with E-state index in [1.165, 1.54) is 0 Å². The van der Waals surface area contributed by atoms with Gasteiger partial charge in [0, 0.05) is 34.5 Å². The number of aliphatic hydroxyl groups excluding tert-OH is 7. The first-order valence-corrected chi connectivity index (χ1v) is 6.52. The van der Waals surface area contributed by atoms with Crippen LogP contribution in [0.25, 0.3) is 0 Å². The van der Waals surface area contributed by atoms with Crippen LogP contribution >= 0.6 is 0 Å². The summed E-state index contributed by atoms with van der Waals surface area (Å²) in [5, 5.41) is 52.4. The van der Waals surface area contributed by atoms with Crippen LogP contribution in [0.5, 0.6) is 0 Å². The van der Waals surface area contributed by atoms with Crippen LogP contribution in [0.15, 0.2) is 0 Å². The highest BCUT2D eigenvalue weighted by atomic mass is 16.3. The molecule has 0 rings (SSSR count). The molecular weight excluding hydrogens is 268 g/mol. The second-order valence-electron chi connectivity index (χ2n) is 2.60. The monoisotopic (exact) mass is 306 g/mol. The quantitative estimate of drug-likeness (QED) is 0.358. The SMILES string of the molecule is CCCCO.CCCCO.CO.CO.CO.OCCO. The number of hydrogen-bond donors (Lipinski definition) is 7. The summed E-state index contributed by atoms with van der Waals surface area (Å²) in [6, 6.07) is 0. The average Bonchev–Trinajstić information content (AvgIpc) is 2.55. The average molecular weight is 306 g/mol. The molecule has 0 aliphatic rings. The maximum atomic E-state index is 8.07. The molecule has 132 valence electrons. The third kappa shape index (κ3) is 222. The fourth-order valence-corrected chi connectivity index (χ4v) is 0.316. The standard InChI is InChI=1S/2C4H10O.C2H6O2.3CH4O/c2*1-2-3-4-5;3-1-2-4;3*1-2/h2*5H,2-4H2,1H3;3-4H,1-2H2;3*2H,1H3. The van der Waals surface area contributed by atoms with Gasteiger partial charge in [-0.05, 0) is 12.8 Å². The molecule has 0 saturated heterocycles. The number of unbranched alkanes of at least 4 members (excludes halogenated alkanes) is 2. The molecule has 7 nitrogen and oxygen atoms in total. The minimum Gasteiger partial charge on any atom is -0.400 e. The largest absolute Gasteiger partial charge is 0.400 e. The highest BCUT2D eigenvalue weighted by Crippen LogP contribution is 1.79. The van der Waals surface area contributed by atoms with Crippen LogP contribution in [0.3, 0.4) is 0 Å². The second kappa shape index (κ2) is 98.6. The molecule has 0 aromatic heterocycles. The van der Waals surface area contributed by atoms with E-state index in [9.17, 15) is 0 Å². The van der Waals surface area contributed by atoms with Crippen molar-refractivity contribution in [3.05, 3.63) is 0 Å². The van der Waals surface area contributed by atoms with Gasteiger partial charge >= 0.3 is 0 Å². The van der Waals surface area contributed by atoms with E-state index >= 15 is 0 Å². The van der Waals surface area contributed by atoms with Gasteiger partial charge in [-0.25, -0.2) is 0 Å². The topological polar surface area (TPSA) is 142 Å². The summed E-state index contributed by atoms with van der Waals surface area (Å²) >= 11 is 0. The Hall–Kier alpha value is -0.280. The summed E-state index contributed by atoms with van der Waals surface area (Å²) in [5.74, 6) is 0. The molecule has 0 saturated carbocycles. The molecule has 7 N–H and O–H groups in total. The van der Waals surface area contributed by atoms with Crippen molar-refractivity contribution in [3.8, 4) is 0 Å². The Bertz CT molecular complexity index is 54.7. The summed E-state index contributed by atoms with van der Waals surface area (Å²) < 4.78 is 0. The third-order valence-corrected chi connectivity index (χ3v) is 1.12. The van der Waals surface area contributed by atoms with E-state index in [4.69, 9.17) is 35.7 Å². The molecule has 0 aromatic rings. The Morgan fingerprint density at radius 2 is 0.650 bits per heavy atom. The van der Waals surface area contributed by atoms with Crippen molar-refractivity contribution in [2.45, 2.75) is 39.5 Å². The van der Waals surface area contributed by atoms with Crippen LogP contribution in [0.4, 0.5) is 0 Å². The summed E-state index contributed by atoms with van der Waals surface area (Å²) in [7, 11) is 3.00. The van der Waals surface area contributed by atoms with E-state index in [2.05, 4.69) is 13.8 Å². The van der Waals surface area contributed by atoms with Gasteiger partial charge in [0.1, 0.15) is 0 Å². The fourth-order valence-electron chi connectivity index (χ4n) is 0.316. The fraction of sp³-hybridized carbons (Fsp3) is 1.00. The predicted molar refractivity (Wildman–Crippen MR) is 82.6 cm³/mol. The Morgan fingerprint density at radius 3 is 0.650 bits per heavy atom. The molecule has 0 aromatic carbocycles. The first-order valence-electron chi connectivity index (χ1n) is 6.52. The van der Waals surface area contributed by atoms with Gasteiger partial charge in [0.05, 0.1) is 13.2 Å². The van der Waals surface area contributed by atoms with Gasteiger partial charge in [-0.2, -0.15) is 0 Å². The Balaban J connectivity index is -0.0000000311. The van der Waals surface area contributed by atoms with Crippen LogP contribution in [0.2, 0.25) is 0 Å². The predicted octanol–water partition coefficient (Wildman–Crippen LogP) is -0.646. The highest BCUT2D eigenvalue weighted by molar-refractivity contribution is 4.23. The van der Waals surface area contributed by atoms with E-state index in [-0.39, 0.29) is 13.2 Å².